The summed E-state index contributed by atoms with van der Waals surface area (Å²) >= 11 is 0. The smallest absolute Gasteiger partial charge is 0.0705 e. The molecule has 0 aromatic rings. The van der Waals surface area contributed by atoms with Gasteiger partial charge in [-0.15, -0.1) is 0 Å². The van der Waals surface area contributed by atoms with Crippen molar-refractivity contribution >= 4 is 0 Å². The van der Waals surface area contributed by atoms with Crippen molar-refractivity contribution in [3.8, 4) is 0 Å². The fourth-order valence-electron chi connectivity index (χ4n) is 1.69. The van der Waals surface area contributed by atoms with Crippen LogP contribution in [0, 0.1) is 0 Å². The number of rotatable bonds is 5. The Kier molecular flexibility index (Phi) is 9.00. The highest BCUT2D eigenvalue weighted by atomic mass is 16.3. The van der Waals surface area contributed by atoms with Crippen molar-refractivity contribution in [3.63, 3.8) is 0 Å². The number of aliphatic hydroxyl groups excluding tert-OH is 2. The number of hydrogen-bond donors (Lipinski definition) is 3. The van der Waals surface area contributed by atoms with Crippen LogP contribution in [0.3, 0.4) is 0 Å². The van der Waals surface area contributed by atoms with Crippen molar-refractivity contribution in [2.45, 2.75) is 38.8 Å². The first-order valence-electron chi connectivity index (χ1n) is 5.95. The monoisotopic (exact) mass is 218 g/mol. The minimum atomic E-state index is -0.178. The normalized spacial score (nSPS) is 25.2. The molecule has 1 heterocycles. The fraction of sp³-hybridized carbons (Fsp3) is 1.00. The first-order chi connectivity index (χ1) is 7.24. The molecule has 0 aromatic carbocycles. The molecule has 1 saturated heterocycles. The number of aliphatic hydroxyl groups is 2. The molecule has 0 saturated carbocycles. The van der Waals surface area contributed by atoms with Gasteiger partial charge in [-0.25, -0.2) is 0 Å². The molecule has 1 rings (SSSR count). The number of nitrogens with one attached hydrogen (secondary N) is 1. The average molecular weight is 218 g/mol. The quantitative estimate of drug-likeness (QED) is 0.610. The molecule has 0 aliphatic carbocycles. The summed E-state index contributed by atoms with van der Waals surface area (Å²) < 4.78 is 0. The predicted octanol–water partition coefficient (Wildman–Crippen LogP) is 0.0496. The molecule has 0 amide bonds. The van der Waals surface area contributed by atoms with E-state index in [9.17, 15) is 5.11 Å². The molecule has 0 aromatic heterocycles. The van der Waals surface area contributed by atoms with E-state index < -0.39 is 0 Å². The van der Waals surface area contributed by atoms with Crippen molar-refractivity contribution in [2.24, 2.45) is 0 Å². The number of hydrogen-bond acceptors (Lipinski definition) is 4. The van der Waals surface area contributed by atoms with Crippen LogP contribution in [0.2, 0.25) is 0 Å². The van der Waals surface area contributed by atoms with Gasteiger partial charge in [0.05, 0.1) is 12.7 Å². The van der Waals surface area contributed by atoms with Gasteiger partial charge < -0.3 is 20.4 Å². The Morgan fingerprint density at radius 1 is 1.33 bits per heavy atom. The van der Waals surface area contributed by atoms with Crippen LogP contribution >= 0.6 is 0 Å². The van der Waals surface area contributed by atoms with Crippen molar-refractivity contribution in [1.82, 2.24) is 10.2 Å². The lowest BCUT2D eigenvalue weighted by Crippen LogP contribution is -2.35. The van der Waals surface area contributed by atoms with E-state index in [-0.39, 0.29) is 18.8 Å². The summed E-state index contributed by atoms with van der Waals surface area (Å²) in [7, 11) is 1.98. The second-order valence-corrected chi connectivity index (χ2v) is 3.73. The Morgan fingerprint density at radius 2 is 2.00 bits per heavy atom. The summed E-state index contributed by atoms with van der Waals surface area (Å²) in [6.07, 6.45) is 1.65. The molecule has 0 spiro atoms. The first kappa shape index (κ1) is 14.8. The Bertz CT molecular complexity index is 145. The molecule has 2 atom stereocenters. The second kappa shape index (κ2) is 9.09. The van der Waals surface area contributed by atoms with E-state index in [1.165, 1.54) is 0 Å². The molecule has 0 radical (unpaired) electrons. The third-order valence-electron chi connectivity index (χ3n) is 2.61. The van der Waals surface area contributed by atoms with E-state index in [0.29, 0.717) is 6.54 Å². The summed E-state index contributed by atoms with van der Waals surface area (Å²) in [5.41, 5.74) is 0. The minimum Gasteiger partial charge on any atom is -0.395 e. The number of nitrogens with zero attached hydrogens (tertiary/aromatic N) is 1. The zero-order chi connectivity index (χ0) is 11.7. The van der Waals surface area contributed by atoms with Crippen molar-refractivity contribution < 1.29 is 10.2 Å². The maximum Gasteiger partial charge on any atom is 0.0705 e. The van der Waals surface area contributed by atoms with Crippen LogP contribution in [0.25, 0.3) is 0 Å². The summed E-state index contributed by atoms with van der Waals surface area (Å²) in [6.45, 7) is 6.77. The van der Waals surface area contributed by atoms with Gasteiger partial charge >= 0.3 is 0 Å². The molecule has 92 valence electrons. The Morgan fingerprint density at radius 3 is 2.47 bits per heavy atom. The summed E-state index contributed by atoms with van der Waals surface area (Å²) in [6, 6.07) is 0.251. The third-order valence-corrected chi connectivity index (χ3v) is 2.61. The van der Waals surface area contributed by atoms with Crippen molar-refractivity contribution in [3.05, 3.63) is 0 Å². The van der Waals surface area contributed by atoms with Crippen LogP contribution < -0.4 is 5.32 Å². The number of likely N-dealkylation sites (N-methyl/N-ethyl adjacent to an activating group) is 1. The van der Waals surface area contributed by atoms with Crippen LogP contribution in [-0.2, 0) is 0 Å². The van der Waals surface area contributed by atoms with Gasteiger partial charge in [-0.05, 0) is 33.0 Å². The van der Waals surface area contributed by atoms with Crippen LogP contribution in [0.1, 0.15) is 26.7 Å². The highest BCUT2D eigenvalue weighted by Gasteiger charge is 2.23. The lowest BCUT2D eigenvalue weighted by atomic mass is 10.1. The standard InChI is InChI=1S/C9H20N2O2.C2H6/c1-11(6-7-12)5-3-8-9(13)2-4-10-8;1-2/h8-10,12-13H,2-7H2,1H3;1-2H3. The first-order valence-corrected chi connectivity index (χ1v) is 5.95. The lowest BCUT2D eigenvalue weighted by molar-refractivity contribution is 0.145. The molecular formula is C11H26N2O2. The van der Waals surface area contributed by atoms with Gasteiger partial charge in [-0.1, -0.05) is 13.8 Å². The topological polar surface area (TPSA) is 55.7 Å². The van der Waals surface area contributed by atoms with E-state index in [1.54, 1.807) is 0 Å². The zero-order valence-corrected chi connectivity index (χ0v) is 10.2. The molecule has 4 heteroatoms. The van der Waals surface area contributed by atoms with Gasteiger partial charge in [0.2, 0.25) is 0 Å². The molecule has 1 aliphatic heterocycles. The second-order valence-electron chi connectivity index (χ2n) is 3.73. The summed E-state index contributed by atoms with van der Waals surface area (Å²) in [4.78, 5) is 2.08. The van der Waals surface area contributed by atoms with Gasteiger partial charge in [0, 0.05) is 12.6 Å². The SMILES string of the molecule is CC.CN(CCO)CCC1NCCC1O. The van der Waals surface area contributed by atoms with Crippen molar-refractivity contribution in [1.29, 1.82) is 0 Å². The predicted molar refractivity (Wildman–Crippen MR) is 63.0 cm³/mol. The van der Waals surface area contributed by atoms with E-state index in [2.05, 4.69) is 10.2 Å². The highest BCUT2D eigenvalue weighted by molar-refractivity contribution is 4.83. The van der Waals surface area contributed by atoms with Gasteiger partial charge in [-0.2, -0.15) is 0 Å². The molecule has 0 bridgehead atoms. The van der Waals surface area contributed by atoms with Crippen LogP contribution in [-0.4, -0.2) is 60.5 Å². The molecule has 3 N–H and O–H groups in total. The maximum atomic E-state index is 9.50. The van der Waals surface area contributed by atoms with E-state index >= 15 is 0 Å². The highest BCUT2D eigenvalue weighted by Crippen LogP contribution is 2.10. The zero-order valence-electron chi connectivity index (χ0n) is 10.2. The van der Waals surface area contributed by atoms with Gasteiger partial charge in [0.1, 0.15) is 0 Å². The Labute approximate surface area is 93.3 Å². The lowest BCUT2D eigenvalue weighted by Gasteiger charge is -2.19. The molecular weight excluding hydrogens is 192 g/mol. The van der Waals surface area contributed by atoms with Gasteiger partial charge in [0.25, 0.3) is 0 Å². The molecule has 1 aliphatic rings. The summed E-state index contributed by atoms with van der Waals surface area (Å²) in [5.74, 6) is 0. The Balaban J connectivity index is 0.000000921. The van der Waals surface area contributed by atoms with E-state index in [1.807, 2.05) is 20.9 Å². The summed E-state index contributed by atoms with van der Waals surface area (Å²) in [5, 5.41) is 21.4. The fourth-order valence-corrected chi connectivity index (χ4v) is 1.69. The largest absolute Gasteiger partial charge is 0.395 e. The molecule has 2 unspecified atom stereocenters. The van der Waals surface area contributed by atoms with Crippen LogP contribution in [0.15, 0.2) is 0 Å². The van der Waals surface area contributed by atoms with E-state index in [4.69, 9.17) is 5.11 Å². The maximum absolute atomic E-state index is 9.50. The van der Waals surface area contributed by atoms with Crippen molar-refractivity contribution in [2.75, 3.05) is 33.3 Å². The van der Waals surface area contributed by atoms with Crippen LogP contribution in [0.4, 0.5) is 0 Å². The third kappa shape index (κ3) is 6.10. The van der Waals surface area contributed by atoms with Crippen LogP contribution in [0.5, 0.6) is 0 Å². The Hall–Kier alpha value is -0.160. The minimum absolute atomic E-state index is 0.178. The van der Waals surface area contributed by atoms with E-state index in [0.717, 1.165) is 25.9 Å². The molecule has 4 nitrogen and oxygen atoms in total. The molecule has 15 heavy (non-hydrogen) atoms. The van der Waals surface area contributed by atoms with Gasteiger partial charge in [0.15, 0.2) is 0 Å². The van der Waals surface area contributed by atoms with Gasteiger partial charge in [-0.3, -0.25) is 0 Å². The average Bonchev–Trinajstić information content (AvgIpc) is 2.65. The molecule has 1 fully saturated rings.